The molecule has 2 heterocycles. The van der Waals surface area contributed by atoms with Crippen LogP contribution in [0.4, 0.5) is 0 Å². The fourth-order valence-electron chi connectivity index (χ4n) is 6.13. The van der Waals surface area contributed by atoms with Crippen molar-refractivity contribution in [2.75, 3.05) is 0 Å². The van der Waals surface area contributed by atoms with E-state index in [2.05, 4.69) is 155 Å². The maximum Gasteiger partial charge on any atom is 0.0547 e. The zero-order valence-corrected chi connectivity index (χ0v) is 20.8. The van der Waals surface area contributed by atoms with Gasteiger partial charge in [-0.05, 0) is 59.7 Å². The summed E-state index contributed by atoms with van der Waals surface area (Å²) in [7, 11) is 0. The van der Waals surface area contributed by atoms with Crippen molar-refractivity contribution in [1.82, 2.24) is 9.13 Å². The summed E-state index contributed by atoms with van der Waals surface area (Å²) < 4.78 is 4.77. The van der Waals surface area contributed by atoms with Gasteiger partial charge in [-0.15, -0.1) is 0 Å². The van der Waals surface area contributed by atoms with Crippen LogP contribution >= 0.6 is 0 Å². The molecule has 6 aromatic carbocycles. The zero-order valence-electron chi connectivity index (χ0n) is 20.8. The maximum atomic E-state index is 2.39. The molecule has 0 fully saturated rings. The second kappa shape index (κ2) is 8.22. The van der Waals surface area contributed by atoms with E-state index in [1.54, 1.807) is 0 Å². The summed E-state index contributed by atoms with van der Waals surface area (Å²) in [5, 5.41) is 5.11. The summed E-state index contributed by atoms with van der Waals surface area (Å²) in [4.78, 5) is 0. The molecule has 0 saturated heterocycles. The van der Waals surface area contributed by atoms with Crippen molar-refractivity contribution in [1.29, 1.82) is 0 Å². The molecule has 0 aliphatic carbocycles. The lowest BCUT2D eigenvalue weighted by molar-refractivity contribution is 1.18. The summed E-state index contributed by atoms with van der Waals surface area (Å²) in [6, 6.07) is 52.4. The summed E-state index contributed by atoms with van der Waals surface area (Å²) in [5.74, 6) is 0. The van der Waals surface area contributed by atoms with Crippen molar-refractivity contribution in [3.63, 3.8) is 0 Å². The molecule has 2 nitrogen and oxygen atoms in total. The van der Waals surface area contributed by atoms with Gasteiger partial charge in [0.05, 0.1) is 22.1 Å². The van der Waals surface area contributed by atoms with Crippen LogP contribution in [-0.4, -0.2) is 9.13 Å². The van der Waals surface area contributed by atoms with Crippen LogP contribution in [0.1, 0.15) is 0 Å². The number of nitrogens with zero attached hydrogens (tertiary/aromatic N) is 2. The quantitative estimate of drug-likeness (QED) is 0.236. The molecule has 0 atom stereocenters. The molecule has 8 aromatic rings. The molecule has 0 saturated carbocycles. The Bertz CT molecular complexity index is 2070. The Morgan fingerprint density at radius 3 is 1.55 bits per heavy atom. The topological polar surface area (TPSA) is 9.86 Å². The minimum Gasteiger partial charge on any atom is -0.309 e. The smallest absolute Gasteiger partial charge is 0.0547 e. The van der Waals surface area contributed by atoms with Crippen LogP contribution in [0.3, 0.4) is 0 Å². The van der Waals surface area contributed by atoms with E-state index in [4.69, 9.17) is 0 Å². The van der Waals surface area contributed by atoms with Gasteiger partial charge in [0.2, 0.25) is 0 Å². The minimum atomic E-state index is 1.17. The normalized spacial score (nSPS) is 11.7. The van der Waals surface area contributed by atoms with Crippen LogP contribution in [0, 0.1) is 0 Å². The van der Waals surface area contributed by atoms with Crippen LogP contribution in [0.5, 0.6) is 0 Å². The lowest BCUT2D eigenvalue weighted by Crippen LogP contribution is -1.94. The van der Waals surface area contributed by atoms with Crippen molar-refractivity contribution in [3.05, 3.63) is 146 Å². The first-order chi connectivity index (χ1) is 18.9. The van der Waals surface area contributed by atoms with Crippen LogP contribution in [0.25, 0.3) is 66.1 Å². The van der Waals surface area contributed by atoms with E-state index in [9.17, 15) is 0 Å². The average Bonchev–Trinajstić information content (AvgIpc) is 3.51. The van der Waals surface area contributed by atoms with Crippen molar-refractivity contribution >= 4 is 43.6 Å². The summed E-state index contributed by atoms with van der Waals surface area (Å²) in [6.07, 6.45) is 0. The largest absolute Gasteiger partial charge is 0.309 e. The fraction of sp³-hybridized carbons (Fsp3) is 0. The molecular formula is C36H24N2. The van der Waals surface area contributed by atoms with Gasteiger partial charge in [-0.3, -0.25) is 0 Å². The Kier molecular flexibility index (Phi) is 4.55. The Balaban J connectivity index is 1.41. The molecular weight excluding hydrogens is 460 g/mol. The van der Waals surface area contributed by atoms with Gasteiger partial charge >= 0.3 is 0 Å². The predicted octanol–water partition coefficient (Wildman–Crippen LogP) is 9.55. The van der Waals surface area contributed by atoms with E-state index in [1.165, 1.54) is 66.1 Å². The summed E-state index contributed by atoms with van der Waals surface area (Å²) in [5.41, 5.74) is 9.70. The van der Waals surface area contributed by atoms with E-state index < -0.39 is 0 Å². The molecule has 2 aromatic heterocycles. The Hall–Kier alpha value is -5.08. The van der Waals surface area contributed by atoms with Crippen LogP contribution in [0.15, 0.2) is 146 Å². The molecule has 0 bridgehead atoms. The van der Waals surface area contributed by atoms with Gasteiger partial charge in [-0.1, -0.05) is 97.1 Å². The number of benzene rings is 6. The maximum absolute atomic E-state index is 2.39. The fourth-order valence-corrected chi connectivity index (χ4v) is 6.13. The number of aromatic nitrogens is 2. The Labute approximate surface area is 220 Å². The monoisotopic (exact) mass is 484 g/mol. The molecule has 0 spiro atoms. The van der Waals surface area contributed by atoms with E-state index in [1.807, 2.05) is 0 Å². The number of fused-ring (bicyclic) bond motifs is 6. The van der Waals surface area contributed by atoms with Gasteiger partial charge in [0.25, 0.3) is 0 Å². The molecule has 0 aliphatic heterocycles. The summed E-state index contributed by atoms with van der Waals surface area (Å²) in [6.45, 7) is 0. The highest BCUT2D eigenvalue weighted by atomic mass is 15.0. The van der Waals surface area contributed by atoms with Crippen LogP contribution in [0.2, 0.25) is 0 Å². The van der Waals surface area contributed by atoms with Crippen LogP contribution < -0.4 is 0 Å². The van der Waals surface area contributed by atoms with Gasteiger partial charge in [0.1, 0.15) is 0 Å². The van der Waals surface area contributed by atoms with E-state index in [-0.39, 0.29) is 0 Å². The second-order valence-electron chi connectivity index (χ2n) is 9.81. The van der Waals surface area contributed by atoms with Crippen LogP contribution in [-0.2, 0) is 0 Å². The van der Waals surface area contributed by atoms with Gasteiger partial charge in [0.15, 0.2) is 0 Å². The molecule has 0 unspecified atom stereocenters. The number of rotatable bonds is 3. The molecule has 0 amide bonds. The molecule has 38 heavy (non-hydrogen) atoms. The SMILES string of the molecule is c1ccc(-n2c3ccccc3c3c(-c4cccc(-n5c6ccccc6c6ccccc65)c4)cccc32)cc1. The van der Waals surface area contributed by atoms with E-state index in [0.29, 0.717) is 0 Å². The van der Waals surface area contributed by atoms with E-state index >= 15 is 0 Å². The van der Waals surface area contributed by atoms with Crippen molar-refractivity contribution in [2.24, 2.45) is 0 Å². The van der Waals surface area contributed by atoms with Crippen molar-refractivity contribution in [3.8, 4) is 22.5 Å². The lowest BCUT2D eigenvalue weighted by atomic mass is 9.99. The highest BCUT2D eigenvalue weighted by molar-refractivity contribution is 6.16. The first-order valence-corrected chi connectivity index (χ1v) is 13.0. The first kappa shape index (κ1) is 21.0. The molecule has 2 heteroatoms. The Morgan fingerprint density at radius 1 is 0.342 bits per heavy atom. The number of hydrogen-bond donors (Lipinski definition) is 0. The lowest BCUT2D eigenvalue weighted by Gasteiger charge is -2.12. The average molecular weight is 485 g/mol. The second-order valence-corrected chi connectivity index (χ2v) is 9.81. The number of para-hydroxylation sites is 4. The third-order valence-electron chi connectivity index (χ3n) is 7.71. The molecule has 178 valence electrons. The Morgan fingerprint density at radius 2 is 0.842 bits per heavy atom. The number of hydrogen-bond acceptors (Lipinski definition) is 0. The summed E-state index contributed by atoms with van der Waals surface area (Å²) >= 11 is 0. The third kappa shape index (κ3) is 3.01. The minimum absolute atomic E-state index is 1.17. The highest BCUT2D eigenvalue weighted by Crippen LogP contribution is 2.39. The van der Waals surface area contributed by atoms with Gasteiger partial charge in [-0.2, -0.15) is 0 Å². The first-order valence-electron chi connectivity index (χ1n) is 13.0. The predicted molar refractivity (Wildman–Crippen MR) is 161 cm³/mol. The standard InChI is InChI=1S/C36H24N2/c1-2-13-26(14-3-1)37-34-22-9-6-18-31(34)36-28(19-11-23-35(36)37)25-12-10-15-27(24-25)38-32-20-7-4-16-29(32)30-17-5-8-21-33(30)38/h1-24H. The van der Waals surface area contributed by atoms with Gasteiger partial charge < -0.3 is 9.13 Å². The molecule has 0 N–H and O–H groups in total. The van der Waals surface area contributed by atoms with Crippen molar-refractivity contribution in [2.45, 2.75) is 0 Å². The van der Waals surface area contributed by atoms with Gasteiger partial charge in [-0.25, -0.2) is 0 Å². The molecule has 0 aliphatic rings. The van der Waals surface area contributed by atoms with E-state index in [0.717, 1.165) is 0 Å². The molecule has 0 radical (unpaired) electrons. The highest BCUT2D eigenvalue weighted by Gasteiger charge is 2.17. The third-order valence-corrected chi connectivity index (χ3v) is 7.71. The molecule has 8 rings (SSSR count). The zero-order chi connectivity index (χ0) is 25.1. The van der Waals surface area contributed by atoms with Crippen molar-refractivity contribution < 1.29 is 0 Å². The van der Waals surface area contributed by atoms with Gasteiger partial charge in [0, 0.05) is 32.9 Å².